The minimum atomic E-state index is -3.46. The number of aryl methyl sites for hydroxylation is 1. The van der Waals surface area contributed by atoms with Gasteiger partial charge in [-0.3, -0.25) is 9.52 Å². The normalized spacial score (nSPS) is 21.3. The Labute approximate surface area is 185 Å². The maximum absolute atomic E-state index is 12.7. The number of carboxylic acids is 1. The van der Waals surface area contributed by atoms with Crippen LogP contribution in [-0.2, 0) is 26.0 Å². The molecule has 29 heavy (non-hydrogen) atoms. The Balaban J connectivity index is 1.59. The third-order valence-corrected chi connectivity index (χ3v) is 7.17. The van der Waals surface area contributed by atoms with Crippen LogP contribution in [0.5, 0.6) is 0 Å². The Morgan fingerprint density at radius 3 is 2.66 bits per heavy atom. The molecule has 1 saturated heterocycles. The molecule has 2 atom stereocenters. The van der Waals surface area contributed by atoms with Gasteiger partial charge in [0.05, 0.1) is 23.7 Å². The fraction of sp³-hybridized carbons (Fsp3) is 0.476. The van der Waals surface area contributed by atoms with Crippen molar-refractivity contribution < 1.29 is 23.1 Å². The Hall–Kier alpha value is -1.39. The molecule has 2 aliphatic rings. The van der Waals surface area contributed by atoms with E-state index in [4.69, 9.17) is 9.84 Å². The second kappa shape index (κ2) is 10.1. The van der Waals surface area contributed by atoms with Gasteiger partial charge >= 0.3 is 5.97 Å². The van der Waals surface area contributed by atoms with Gasteiger partial charge in [-0.1, -0.05) is 24.3 Å². The van der Waals surface area contributed by atoms with Crippen LogP contribution in [0.25, 0.3) is 0 Å². The van der Waals surface area contributed by atoms with Crippen molar-refractivity contribution in [3.63, 3.8) is 0 Å². The molecular weight excluding hydrogens is 505 g/mol. The number of allylic oxidation sites excluding steroid dienone is 2. The lowest BCUT2D eigenvalue weighted by Gasteiger charge is -2.18. The molecule has 2 N–H and O–H groups in total. The first-order valence-electron chi connectivity index (χ1n) is 9.84. The second-order valence-electron chi connectivity index (χ2n) is 7.39. The molecule has 0 amide bonds. The summed E-state index contributed by atoms with van der Waals surface area (Å²) >= 11 is 2.23. The van der Waals surface area contributed by atoms with Crippen LogP contribution in [-0.4, -0.2) is 37.5 Å². The molecule has 2 bridgehead atoms. The van der Waals surface area contributed by atoms with E-state index < -0.39 is 16.0 Å². The van der Waals surface area contributed by atoms with Gasteiger partial charge in [0.1, 0.15) is 0 Å². The number of carbonyl (C=O) groups is 1. The van der Waals surface area contributed by atoms with Crippen LogP contribution in [0.1, 0.15) is 44.1 Å². The van der Waals surface area contributed by atoms with Gasteiger partial charge in [-0.05, 0) is 84.4 Å². The summed E-state index contributed by atoms with van der Waals surface area (Å²) in [4.78, 5) is 10.5. The van der Waals surface area contributed by atoms with Gasteiger partial charge in [0, 0.05) is 9.99 Å². The zero-order valence-corrected chi connectivity index (χ0v) is 19.1. The summed E-state index contributed by atoms with van der Waals surface area (Å²) in [6, 6.07) is 7.86. The van der Waals surface area contributed by atoms with Gasteiger partial charge < -0.3 is 9.84 Å². The number of halogens is 1. The number of hydrogen-bond acceptors (Lipinski definition) is 4. The first-order chi connectivity index (χ1) is 13.8. The molecule has 0 spiro atoms. The molecule has 0 aliphatic carbocycles. The zero-order valence-electron chi connectivity index (χ0n) is 16.1. The molecule has 2 unspecified atom stereocenters. The van der Waals surface area contributed by atoms with Gasteiger partial charge in [0.15, 0.2) is 0 Å². The van der Waals surface area contributed by atoms with Crippen LogP contribution >= 0.6 is 22.6 Å². The highest BCUT2D eigenvalue weighted by Gasteiger charge is 2.41. The molecule has 2 heterocycles. The number of unbranched alkanes of at least 4 members (excludes halogenated alkanes) is 1. The highest BCUT2D eigenvalue weighted by molar-refractivity contribution is 14.1. The molecule has 1 fully saturated rings. The van der Waals surface area contributed by atoms with Crippen LogP contribution in [0, 0.1) is 3.57 Å². The van der Waals surface area contributed by atoms with Crippen molar-refractivity contribution in [1.82, 2.24) is 4.72 Å². The number of sulfonamides is 1. The van der Waals surface area contributed by atoms with E-state index in [9.17, 15) is 13.2 Å². The highest BCUT2D eigenvalue weighted by Crippen LogP contribution is 2.40. The Morgan fingerprint density at radius 2 is 1.93 bits per heavy atom. The van der Waals surface area contributed by atoms with E-state index in [1.807, 2.05) is 36.4 Å². The van der Waals surface area contributed by atoms with E-state index in [0.717, 1.165) is 27.5 Å². The average Bonchev–Trinajstić information content (AvgIpc) is 3.26. The second-order valence-corrected chi connectivity index (χ2v) is 10.5. The first kappa shape index (κ1) is 22.3. The maximum atomic E-state index is 12.7. The molecule has 6 nitrogen and oxygen atoms in total. The van der Waals surface area contributed by atoms with Gasteiger partial charge in [-0.2, -0.15) is 0 Å². The van der Waals surface area contributed by atoms with Crippen molar-refractivity contribution >= 4 is 38.6 Å². The SMILES string of the molecule is O=C(O)CCCC=CCC1=C(NS(=O)(=O)CCc2ccc(I)cc2)C2CCC1O2. The number of nitrogens with one attached hydrogen (secondary N) is 1. The quantitative estimate of drug-likeness (QED) is 0.258. The fourth-order valence-electron chi connectivity index (χ4n) is 3.68. The van der Waals surface area contributed by atoms with Crippen LogP contribution in [0.15, 0.2) is 47.7 Å². The number of fused-ring (bicyclic) bond motifs is 2. The molecule has 158 valence electrons. The van der Waals surface area contributed by atoms with Gasteiger partial charge in [0.25, 0.3) is 0 Å². The minimum Gasteiger partial charge on any atom is -0.481 e. The summed E-state index contributed by atoms with van der Waals surface area (Å²) in [5.41, 5.74) is 2.71. The monoisotopic (exact) mass is 531 g/mol. The van der Waals surface area contributed by atoms with Crippen molar-refractivity contribution in [3.05, 3.63) is 56.8 Å². The lowest BCUT2D eigenvalue weighted by atomic mass is 9.94. The van der Waals surface area contributed by atoms with Gasteiger partial charge in [-0.15, -0.1) is 0 Å². The smallest absolute Gasteiger partial charge is 0.303 e. The molecular formula is C21H26INO5S. The number of hydrogen-bond donors (Lipinski definition) is 2. The molecule has 3 rings (SSSR count). The van der Waals surface area contributed by atoms with Crippen LogP contribution < -0.4 is 4.72 Å². The zero-order chi connectivity index (χ0) is 20.9. The summed E-state index contributed by atoms with van der Waals surface area (Å²) in [7, 11) is -3.46. The fourth-order valence-corrected chi connectivity index (χ4v) is 5.24. The maximum Gasteiger partial charge on any atom is 0.303 e. The molecule has 8 heteroatoms. The Bertz CT molecular complexity index is 892. The van der Waals surface area contributed by atoms with E-state index in [-0.39, 0.29) is 24.4 Å². The van der Waals surface area contributed by atoms with Crippen LogP contribution in [0.3, 0.4) is 0 Å². The number of rotatable bonds is 11. The van der Waals surface area contributed by atoms with Crippen molar-refractivity contribution in [2.45, 2.75) is 57.2 Å². The molecule has 1 aromatic carbocycles. The third kappa shape index (κ3) is 6.55. The van der Waals surface area contributed by atoms with E-state index in [1.165, 1.54) is 0 Å². The summed E-state index contributed by atoms with van der Waals surface area (Å²) in [5, 5.41) is 8.67. The predicted molar refractivity (Wildman–Crippen MR) is 120 cm³/mol. The van der Waals surface area contributed by atoms with Crippen LogP contribution in [0.2, 0.25) is 0 Å². The summed E-state index contributed by atoms with van der Waals surface area (Å²) in [5.74, 6) is -0.753. The lowest BCUT2D eigenvalue weighted by molar-refractivity contribution is -0.137. The summed E-state index contributed by atoms with van der Waals surface area (Å²) in [6.07, 6.45) is 8.08. The summed E-state index contributed by atoms with van der Waals surface area (Å²) in [6.45, 7) is 0. The highest BCUT2D eigenvalue weighted by atomic mass is 127. The lowest BCUT2D eigenvalue weighted by Crippen LogP contribution is -2.32. The minimum absolute atomic E-state index is 0.0161. The Kier molecular flexibility index (Phi) is 7.75. The largest absolute Gasteiger partial charge is 0.481 e. The van der Waals surface area contributed by atoms with Gasteiger partial charge in [-0.25, -0.2) is 8.42 Å². The molecule has 2 aliphatic heterocycles. The van der Waals surface area contributed by atoms with Crippen molar-refractivity contribution in [2.24, 2.45) is 0 Å². The molecule has 1 aromatic rings. The number of carboxylic acid groups (broad SMARTS) is 1. The van der Waals surface area contributed by atoms with E-state index in [2.05, 4.69) is 27.3 Å². The summed E-state index contributed by atoms with van der Waals surface area (Å²) < 4.78 is 35.1. The van der Waals surface area contributed by atoms with Crippen LogP contribution in [0.4, 0.5) is 0 Å². The average molecular weight is 531 g/mol. The van der Waals surface area contributed by atoms with E-state index >= 15 is 0 Å². The number of benzene rings is 1. The van der Waals surface area contributed by atoms with Crippen molar-refractivity contribution in [2.75, 3.05) is 5.75 Å². The molecule has 0 aromatic heterocycles. The van der Waals surface area contributed by atoms with Gasteiger partial charge in [0.2, 0.25) is 10.0 Å². The van der Waals surface area contributed by atoms with E-state index in [1.54, 1.807) is 0 Å². The standard InChI is InChI=1S/C21H26INO5S/c22-16-9-7-15(8-10-16)13-14-29(26,27)23-21-17(18-11-12-19(21)28-18)5-3-1-2-4-6-20(24)25/h1,3,7-10,18-19,23H,2,4-6,11-14H2,(H,24,25). The van der Waals surface area contributed by atoms with E-state index in [0.29, 0.717) is 31.4 Å². The van der Waals surface area contributed by atoms with Crippen molar-refractivity contribution in [1.29, 1.82) is 0 Å². The molecule has 0 radical (unpaired) electrons. The third-order valence-electron chi connectivity index (χ3n) is 5.18. The number of aliphatic carboxylic acids is 1. The van der Waals surface area contributed by atoms with Crippen molar-refractivity contribution in [3.8, 4) is 0 Å². The predicted octanol–water partition coefficient (Wildman–Crippen LogP) is 3.77. The number of ether oxygens (including phenoxy) is 1. The molecule has 0 saturated carbocycles. The topological polar surface area (TPSA) is 92.7 Å². The first-order valence-corrected chi connectivity index (χ1v) is 12.6. The Morgan fingerprint density at radius 1 is 1.21 bits per heavy atom.